The van der Waals surface area contributed by atoms with Crippen molar-refractivity contribution in [1.29, 1.82) is 0 Å². The van der Waals surface area contributed by atoms with Gasteiger partial charge < -0.3 is 15.4 Å². The molecule has 0 aromatic carbocycles. The molecule has 2 N–H and O–H groups in total. The zero-order chi connectivity index (χ0) is 16.9. The van der Waals surface area contributed by atoms with Crippen molar-refractivity contribution in [3.63, 3.8) is 0 Å². The molecule has 126 valence electrons. The summed E-state index contributed by atoms with van der Waals surface area (Å²) in [6, 6.07) is 0. The number of amides is 2. The topological polar surface area (TPSA) is 111 Å². The Kier molecular flexibility index (Phi) is 5.11. The van der Waals surface area contributed by atoms with Gasteiger partial charge in [0.15, 0.2) is 0 Å². The zero-order valence-corrected chi connectivity index (χ0v) is 13.7. The van der Waals surface area contributed by atoms with Crippen molar-refractivity contribution < 1.29 is 14.3 Å². The Bertz CT molecular complexity index is 704. The van der Waals surface area contributed by atoms with Gasteiger partial charge in [0, 0.05) is 30.6 Å². The first-order valence-electron chi connectivity index (χ1n) is 7.49. The molecule has 3 heterocycles. The second kappa shape index (κ2) is 7.45. The molecule has 2 aromatic heterocycles. The lowest BCUT2D eigenvalue weighted by Gasteiger charge is -2.22. The van der Waals surface area contributed by atoms with Crippen LogP contribution in [0.4, 0.5) is 0 Å². The molecule has 1 saturated heterocycles. The number of hydrogen-bond acceptors (Lipinski definition) is 7. The summed E-state index contributed by atoms with van der Waals surface area (Å²) >= 11 is 1.40. The highest BCUT2D eigenvalue weighted by atomic mass is 32.1. The number of hydrogen-bond donors (Lipinski definition) is 1. The van der Waals surface area contributed by atoms with E-state index in [4.69, 9.17) is 10.5 Å². The number of primary amides is 1. The SMILES string of the molecule is NC(=O)c1cnc(C[C@H]2COCCN(C(=O)c3cscn3)C2)cn1. The van der Waals surface area contributed by atoms with E-state index in [0.29, 0.717) is 38.4 Å². The largest absolute Gasteiger partial charge is 0.379 e. The summed E-state index contributed by atoms with van der Waals surface area (Å²) in [6.45, 7) is 2.15. The maximum atomic E-state index is 12.5. The standard InChI is InChI=1S/C15H17N5O3S/c16-14(21)12-5-17-11(4-18-12)3-10-6-20(1-2-23-7-10)15(22)13-8-24-9-19-13/h4-5,8-10H,1-3,6-7H2,(H2,16,21)/t10-/m1/s1. The minimum Gasteiger partial charge on any atom is -0.379 e. The van der Waals surface area contributed by atoms with E-state index in [9.17, 15) is 9.59 Å². The predicted octanol–water partition coefficient (Wildman–Crippen LogP) is 0.363. The van der Waals surface area contributed by atoms with Crippen LogP contribution in [0.1, 0.15) is 26.7 Å². The van der Waals surface area contributed by atoms with Crippen molar-refractivity contribution >= 4 is 23.2 Å². The third kappa shape index (κ3) is 3.92. The van der Waals surface area contributed by atoms with E-state index < -0.39 is 5.91 Å². The van der Waals surface area contributed by atoms with Crippen molar-refractivity contribution in [1.82, 2.24) is 19.9 Å². The molecule has 2 aromatic rings. The Morgan fingerprint density at radius 1 is 1.29 bits per heavy atom. The number of thiazole rings is 1. The van der Waals surface area contributed by atoms with Crippen LogP contribution in [0.15, 0.2) is 23.3 Å². The van der Waals surface area contributed by atoms with Crippen LogP contribution in [0, 0.1) is 5.92 Å². The number of ether oxygens (including phenoxy) is 1. The Morgan fingerprint density at radius 3 is 2.83 bits per heavy atom. The van der Waals surface area contributed by atoms with E-state index in [1.54, 1.807) is 15.8 Å². The molecule has 1 aliphatic heterocycles. The van der Waals surface area contributed by atoms with Crippen molar-refractivity contribution in [2.45, 2.75) is 6.42 Å². The Balaban J connectivity index is 1.66. The third-order valence-electron chi connectivity index (χ3n) is 3.73. The smallest absolute Gasteiger partial charge is 0.273 e. The van der Waals surface area contributed by atoms with Gasteiger partial charge in [0.05, 0.1) is 30.6 Å². The van der Waals surface area contributed by atoms with Gasteiger partial charge in [-0.05, 0) is 6.42 Å². The summed E-state index contributed by atoms with van der Waals surface area (Å²) in [6.07, 6.45) is 3.51. The summed E-state index contributed by atoms with van der Waals surface area (Å²) in [5.74, 6) is -0.586. The maximum absolute atomic E-state index is 12.5. The minimum absolute atomic E-state index is 0.0816. The summed E-state index contributed by atoms with van der Waals surface area (Å²) in [4.78, 5) is 37.5. The van der Waals surface area contributed by atoms with E-state index in [1.807, 2.05) is 0 Å². The van der Waals surface area contributed by atoms with Gasteiger partial charge >= 0.3 is 0 Å². The third-order valence-corrected chi connectivity index (χ3v) is 4.32. The van der Waals surface area contributed by atoms with Crippen LogP contribution in [-0.4, -0.2) is 58.0 Å². The number of rotatable bonds is 4. The number of nitrogens with zero attached hydrogens (tertiary/aromatic N) is 4. The van der Waals surface area contributed by atoms with Gasteiger partial charge in [0.25, 0.3) is 11.8 Å². The summed E-state index contributed by atoms with van der Waals surface area (Å²) in [7, 11) is 0. The average molecular weight is 347 g/mol. The molecule has 0 aliphatic carbocycles. The molecule has 1 fully saturated rings. The fraction of sp³-hybridized carbons (Fsp3) is 0.400. The fourth-order valence-electron chi connectivity index (χ4n) is 2.55. The Hall–Kier alpha value is -2.39. The molecule has 0 bridgehead atoms. The Morgan fingerprint density at radius 2 is 2.17 bits per heavy atom. The molecule has 0 spiro atoms. The normalized spacial score (nSPS) is 18.2. The first-order valence-corrected chi connectivity index (χ1v) is 8.43. The lowest BCUT2D eigenvalue weighted by Crippen LogP contribution is -2.36. The monoisotopic (exact) mass is 347 g/mol. The molecule has 2 amide bonds. The average Bonchev–Trinajstić information content (AvgIpc) is 3.02. The van der Waals surface area contributed by atoms with Gasteiger partial charge in [-0.15, -0.1) is 11.3 Å². The summed E-state index contributed by atoms with van der Waals surface area (Å²) < 4.78 is 5.61. The maximum Gasteiger partial charge on any atom is 0.273 e. The minimum atomic E-state index is -0.605. The Labute approximate surface area is 142 Å². The van der Waals surface area contributed by atoms with Crippen LogP contribution in [-0.2, 0) is 11.2 Å². The van der Waals surface area contributed by atoms with Gasteiger partial charge in [0.2, 0.25) is 0 Å². The zero-order valence-electron chi connectivity index (χ0n) is 12.9. The second-order valence-corrected chi connectivity index (χ2v) is 6.25. The van der Waals surface area contributed by atoms with Gasteiger partial charge in [0.1, 0.15) is 11.4 Å². The van der Waals surface area contributed by atoms with Crippen LogP contribution >= 0.6 is 11.3 Å². The van der Waals surface area contributed by atoms with Crippen molar-refractivity contribution in [2.24, 2.45) is 11.7 Å². The molecular weight excluding hydrogens is 330 g/mol. The van der Waals surface area contributed by atoms with Crippen LogP contribution < -0.4 is 5.73 Å². The van der Waals surface area contributed by atoms with Crippen LogP contribution in [0.5, 0.6) is 0 Å². The highest BCUT2D eigenvalue weighted by molar-refractivity contribution is 7.07. The molecule has 8 nitrogen and oxygen atoms in total. The number of carbonyl (C=O) groups excluding carboxylic acids is 2. The quantitative estimate of drug-likeness (QED) is 0.855. The predicted molar refractivity (Wildman–Crippen MR) is 86.6 cm³/mol. The van der Waals surface area contributed by atoms with Crippen LogP contribution in [0.25, 0.3) is 0 Å². The molecule has 3 rings (SSSR count). The van der Waals surface area contributed by atoms with Crippen molar-refractivity contribution in [3.8, 4) is 0 Å². The number of nitrogens with two attached hydrogens (primary N) is 1. The van der Waals surface area contributed by atoms with E-state index in [2.05, 4.69) is 15.0 Å². The number of carbonyl (C=O) groups is 2. The van der Waals surface area contributed by atoms with E-state index in [-0.39, 0.29) is 17.5 Å². The van der Waals surface area contributed by atoms with Crippen molar-refractivity contribution in [2.75, 3.05) is 26.3 Å². The fourth-order valence-corrected chi connectivity index (χ4v) is 3.08. The second-order valence-electron chi connectivity index (χ2n) is 5.53. The van der Waals surface area contributed by atoms with Crippen LogP contribution in [0.3, 0.4) is 0 Å². The molecule has 1 aliphatic rings. The summed E-state index contributed by atoms with van der Waals surface area (Å²) in [5.41, 5.74) is 8.14. The molecular formula is C15H17N5O3S. The molecule has 0 radical (unpaired) electrons. The van der Waals surface area contributed by atoms with Gasteiger partial charge in [-0.1, -0.05) is 0 Å². The van der Waals surface area contributed by atoms with Gasteiger partial charge in [-0.25, -0.2) is 9.97 Å². The first kappa shape index (κ1) is 16.5. The van der Waals surface area contributed by atoms with Crippen molar-refractivity contribution in [3.05, 3.63) is 40.4 Å². The molecule has 1 atom stereocenters. The highest BCUT2D eigenvalue weighted by Gasteiger charge is 2.25. The van der Waals surface area contributed by atoms with Crippen LogP contribution in [0.2, 0.25) is 0 Å². The summed E-state index contributed by atoms with van der Waals surface area (Å²) in [5, 5.41) is 1.75. The first-order chi connectivity index (χ1) is 11.6. The lowest BCUT2D eigenvalue weighted by molar-refractivity contribution is 0.0732. The lowest BCUT2D eigenvalue weighted by atomic mass is 10.0. The van der Waals surface area contributed by atoms with Gasteiger partial charge in [-0.2, -0.15) is 0 Å². The molecule has 0 unspecified atom stereocenters. The molecule has 24 heavy (non-hydrogen) atoms. The van der Waals surface area contributed by atoms with Gasteiger partial charge in [-0.3, -0.25) is 14.6 Å². The molecule has 0 saturated carbocycles. The number of aromatic nitrogens is 3. The van der Waals surface area contributed by atoms with E-state index in [1.165, 1.54) is 23.7 Å². The van der Waals surface area contributed by atoms with E-state index >= 15 is 0 Å². The molecule has 9 heteroatoms. The van der Waals surface area contributed by atoms with E-state index in [0.717, 1.165) is 5.69 Å². The highest BCUT2D eigenvalue weighted by Crippen LogP contribution is 2.15.